The maximum atomic E-state index is 12.7. The molecule has 1 aliphatic carbocycles. The summed E-state index contributed by atoms with van der Waals surface area (Å²) in [5, 5.41) is 14.2. The van der Waals surface area contributed by atoms with Gasteiger partial charge in [0.15, 0.2) is 5.13 Å². The Bertz CT molecular complexity index is 1090. The van der Waals surface area contributed by atoms with Gasteiger partial charge in [-0.2, -0.15) is 13.2 Å². The molecule has 31 heavy (non-hydrogen) atoms. The van der Waals surface area contributed by atoms with Crippen molar-refractivity contribution >= 4 is 38.0 Å². The van der Waals surface area contributed by atoms with Gasteiger partial charge in [-0.05, 0) is 18.9 Å². The van der Waals surface area contributed by atoms with Crippen molar-refractivity contribution in [1.29, 1.82) is 0 Å². The van der Waals surface area contributed by atoms with Gasteiger partial charge in [0, 0.05) is 25.0 Å². The van der Waals surface area contributed by atoms with Crippen molar-refractivity contribution in [2.45, 2.75) is 31.7 Å². The summed E-state index contributed by atoms with van der Waals surface area (Å²) in [7, 11) is 0. The lowest BCUT2D eigenvalue weighted by molar-refractivity contribution is -0.160. The number of hydrogen-bond acceptors (Lipinski definition) is 8. The van der Waals surface area contributed by atoms with Gasteiger partial charge in [-0.25, -0.2) is 9.97 Å². The molecule has 0 spiro atoms. The summed E-state index contributed by atoms with van der Waals surface area (Å²) < 4.78 is 39.2. The highest BCUT2D eigenvalue weighted by molar-refractivity contribution is 7.26. The van der Waals surface area contributed by atoms with Gasteiger partial charge in [0.2, 0.25) is 0 Å². The van der Waals surface area contributed by atoms with Crippen molar-refractivity contribution in [3.05, 3.63) is 48.0 Å². The van der Waals surface area contributed by atoms with Crippen LogP contribution in [0, 0.1) is 5.92 Å². The molecule has 2 atom stereocenters. The van der Waals surface area contributed by atoms with Crippen LogP contribution in [0.15, 0.2) is 42.3 Å². The van der Waals surface area contributed by atoms with Gasteiger partial charge in [-0.1, -0.05) is 35.1 Å². The van der Waals surface area contributed by atoms with Crippen LogP contribution in [0.25, 0.3) is 20.1 Å². The van der Waals surface area contributed by atoms with Crippen LogP contribution in [0.3, 0.4) is 0 Å². The molecule has 3 aromatic rings. The standard InChI is InChI=1S/C20H20F3N5OS2/c21-20(22,23)12-3-1-11(2-4-12)7-13(24)8-26-19-28-15(10-29)17(31-19)18-27-14-5-6-25-9-16(14)30-18/h1-3,5-6,9,12-13,29H,4,7-8,10,24H2,(H,26,28)/t12?,13-/m0/s1. The summed E-state index contributed by atoms with van der Waals surface area (Å²) in [5.74, 6) is -1.42. The van der Waals surface area contributed by atoms with Crippen LogP contribution in [0.1, 0.15) is 18.5 Å². The number of fused-ring (bicyclic) bond motifs is 1. The zero-order valence-electron chi connectivity index (χ0n) is 16.3. The number of halogens is 3. The number of rotatable bonds is 7. The molecule has 3 heterocycles. The van der Waals surface area contributed by atoms with E-state index >= 15 is 0 Å². The Morgan fingerprint density at radius 2 is 2.13 bits per heavy atom. The van der Waals surface area contributed by atoms with Crippen LogP contribution in [0.2, 0.25) is 0 Å². The van der Waals surface area contributed by atoms with E-state index in [1.807, 2.05) is 6.07 Å². The summed E-state index contributed by atoms with van der Waals surface area (Å²) >= 11 is 2.86. The summed E-state index contributed by atoms with van der Waals surface area (Å²) in [6.45, 7) is 0.182. The Morgan fingerprint density at radius 3 is 2.81 bits per heavy atom. The van der Waals surface area contributed by atoms with Crippen molar-refractivity contribution in [1.82, 2.24) is 15.0 Å². The van der Waals surface area contributed by atoms with Gasteiger partial charge in [0.05, 0.1) is 33.3 Å². The minimum Gasteiger partial charge on any atom is -0.390 e. The largest absolute Gasteiger partial charge is 0.395 e. The van der Waals surface area contributed by atoms with Crippen LogP contribution in [0.5, 0.6) is 0 Å². The first kappa shape index (κ1) is 21.9. The van der Waals surface area contributed by atoms with Gasteiger partial charge in [0.25, 0.3) is 0 Å². The lowest BCUT2D eigenvalue weighted by atomic mass is 9.93. The van der Waals surface area contributed by atoms with Gasteiger partial charge in [-0.3, -0.25) is 4.98 Å². The first-order chi connectivity index (χ1) is 14.8. The van der Waals surface area contributed by atoms with Crippen LogP contribution in [0.4, 0.5) is 18.3 Å². The Labute approximate surface area is 184 Å². The second-order valence-corrected chi connectivity index (χ2v) is 9.21. The van der Waals surface area contributed by atoms with E-state index in [4.69, 9.17) is 5.73 Å². The minimum atomic E-state index is -4.21. The smallest absolute Gasteiger partial charge is 0.390 e. The first-order valence-electron chi connectivity index (χ1n) is 9.58. The third-order valence-corrected chi connectivity index (χ3v) is 7.06. The number of aliphatic hydroxyl groups excluding tert-OH is 1. The second-order valence-electron chi connectivity index (χ2n) is 7.18. The quantitative estimate of drug-likeness (QED) is 0.473. The highest BCUT2D eigenvalue weighted by Gasteiger charge is 2.37. The van der Waals surface area contributed by atoms with E-state index in [2.05, 4.69) is 20.3 Å². The normalized spacial score (nSPS) is 17.7. The van der Waals surface area contributed by atoms with E-state index in [-0.39, 0.29) is 19.1 Å². The average Bonchev–Trinajstić information content (AvgIpc) is 3.35. The van der Waals surface area contributed by atoms with Crippen LogP contribution < -0.4 is 11.1 Å². The van der Waals surface area contributed by atoms with Crippen molar-refractivity contribution in [2.75, 3.05) is 11.9 Å². The van der Waals surface area contributed by atoms with E-state index < -0.39 is 12.1 Å². The van der Waals surface area contributed by atoms with Gasteiger partial charge < -0.3 is 16.2 Å². The maximum Gasteiger partial charge on any atom is 0.395 e. The zero-order valence-corrected chi connectivity index (χ0v) is 17.9. The summed E-state index contributed by atoms with van der Waals surface area (Å²) in [6, 6.07) is 1.54. The zero-order chi connectivity index (χ0) is 22.0. The highest BCUT2D eigenvalue weighted by atomic mass is 32.1. The second kappa shape index (κ2) is 9.03. The summed E-state index contributed by atoms with van der Waals surface area (Å²) in [4.78, 5) is 13.9. The molecule has 164 valence electrons. The molecule has 0 radical (unpaired) electrons. The van der Waals surface area contributed by atoms with Crippen molar-refractivity contribution in [3.63, 3.8) is 0 Å². The van der Waals surface area contributed by atoms with Crippen molar-refractivity contribution in [2.24, 2.45) is 11.7 Å². The van der Waals surface area contributed by atoms with Crippen LogP contribution in [-0.2, 0) is 6.61 Å². The molecule has 0 aromatic carbocycles. The third kappa shape index (κ3) is 5.12. The van der Waals surface area contributed by atoms with Gasteiger partial charge >= 0.3 is 6.18 Å². The van der Waals surface area contributed by atoms with E-state index in [0.29, 0.717) is 23.8 Å². The number of pyridine rings is 1. The summed E-state index contributed by atoms with van der Waals surface area (Å²) in [5.41, 5.74) is 8.33. The molecular weight excluding hydrogens is 447 g/mol. The Hall–Kier alpha value is -2.34. The van der Waals surface area contributed by atoms with Crippen molar-refractivity contribution in [3.8, 4) is 9.88 Å². The number of nitrogens with one attached hydrogen (secondary N) is 1. The Morgan fingerprint density at radius 1 is 1.29 bits per heavy atom. The molecule has 0 fully saturated rings. The number of aromatic nitrogens is 3. The van der Waals surface area contributed by atoms with Gasteiger partial charge in [-0.15, -0.1) is 11.3 Å². The molecule has 1 aliphatic rings. The van der Waals surface area contributed by atoms with E-state index in [1.165, 1.54) is 34.8 Å². The number of nitrogens with zero attached hydrogens (tertiary/aromatic N) is 3. The molecule has 0 bridgehead atoms. The molecule has 4 N–H and O–H groups in total. The number of thiazole rings is 2. The van der Waals surface area contributed by atoms with Crippen molar-refractivity contribution < 1.29 is 18.3 Å². The highest BCUT2D eigenvalue weighted by Crippen LogP contribution is 2.38. The number of nitrogens with two attached hydrogens (primary N) is 1. The Kier molecular flexibility index (Phi) is 6.37. The molecule has 0 saturated carbocycles. The van der Waals surface area contributed by atoms with Gasteiger partial charge in [0.1, 0.15) is 5.01 Å². The first-order valence-corrected chi connectivity index (χ1v) is 11.2. The molecule has 6 nitrogen and oxygen atoms in total. The molecule has 0 amide bonds. The summed E-state index contributed by atoms with van der Waals surface area (Å²) in [6.07, 6.45) is 3.94. The fraction of sp³-hybridized carbons (Fsp3) is 0.350. The SMILES string of the molecule is N[C@H](CNc1nc(CO)c(-c2nc3ccncc3s2)s1)CC1=CCC(C(F)(F)F)C=C1. The molecule has 1 unspecified atom stereocenters. The Balaban J connectivity index is 1.38. The molecule has 0 aliphatic heterocycles. The predicted molar refractivity (Wildman–Crippen MR) is 117 cm³/mol. The lowest BCUT2D eigenvalue weighted by Gasteiger charge is -2.20. The lowest BCUT2D eigenvalue weighted by Crippen LogP contribution is -2.30. The molecule has 11 heteroatoms. The van der Waals surface area contributed by atoms with E-state index in [9.17, 15) is 18.3 Å². The number of hydrogen-bond donors (Lipinski definition) is 3. The topological polar surface area (TPSA) is 97.0 Å². The number of anilines is 1. The monoisotopic (exact) mass is 467 g/mol. The fourth-order valence-electron chi connectivity index (χ4n) is 3.23. The van der Waals surface area contributed by atoms with Crippen LogP contribution in [-0.4, -0.2) is 38.8 Å². The number of aliphatic hydroxyl groups is 1. The maximum absolute atomic E-state index is 12.7. The molecule has 0 saturated heterocycles. The number of alkyl halides is 3. The molecular formula is C20H20F3N5OS2. The molecule has 3 aromatic heterocycles. The van der Waals surface area contributed by atoms with Crippen LogP contribution >= 0.6 is 22.7 Å². The fourth-order valence-corrected chi connectivity index (χ4v) is 5.24. The number of allylic oxidation sites excluding steroid dienone is 3. The minimum absolute atomic E-state index is 0.0527. The average molecular weight is 468 g/mol. The third-order valence-electron chi connectivity index (χ3n) is 4.84. The van der Waals surface area contributed by atoms with E-state index in [0.717, 1.165) is 25.7 Å². The van der Waals surface area contributed by atoms with E-state index in [1.54, 1.807) is 18.5 Å². The molecule has 4 rings (SSSR count). The predicted octanol–water partition coefficient (Wildman–Crippen LogP) is 4.50.